The number of alkyl halides is 2. The fourth-order valence-corrected chi connectivity index (χ4v) is 5.16. The fourth-order valence-electron chi connectivity index (χ4n) is 2.76. The summed E-state index contributed by atoms with van der Waals surface area (Å²) in [6.07, 6.45) is 0.887. The van der Waals surface area contributed by atoms with Gasteiger partial charge in [0.1, 0.15) is 10.2 Å². The zero-order chi connectivity index (χ0) is 16.3. The number of aromatic nitrogens is 2. The summed E-state index contributed by atoms with van der Waals surface area (Å²) in [5, 5.41) is 7.11. The van der Waals surface area contributed by atoms with Gasteiger partial charge < -0.3 is 5.32 Å². The van der Waals surface area contributed by atoms with Gasteiger partial charge >= 0.3 is 0 Å². The molecule has 2 atom stereocenters. The normalized spacial score (nSPS) is 31.9. The van der Waals surface area contributed by atoms with Crippen molar-refractivity contribution in [2.45, 2.75) is 37.1 Å². The molecule has 1 aromatic rings. The van der Waals surface area contributed by atoms with Crippen LogP contribution in [0.15, 0.2) is 6.07 Å². The Morgan fingerprint density at radius 1 is 1.50 bits per heavy atom. The van der Waals surface area contributed by atoms with Gasteiger partial charge in [-0.2, -0.15) is 5.10 Å². The van der Waals surface area contributed by atoms with Gasteiger partial charge in [-0.3, -0.25) is 4.79 Å². The predicted molar refractivity (Wildman–Crippen MR) is 85.1 cm³/mol. The summed E-state index contributed by atoms with van der Waals surface area (Å²) >= 11 is 12.0. The quantitative estimate of drug-likeness (QED) is 0.831. The van der Waals surface area contributed by atoms with Gasteiger partial charge in [0.15, 0.2) is 9.84 Å². The molecule has 1 saturated heterocycles. The lowest BCUT2D eigenvalue weighted by Gasteiger charge is -2.16. The number of hydrogen-bond acceptors (Lipinski definition) is 4. The van der Waals surface area contributed by atoms with E-state index in [4.69, 9.17) is 23.2 Å². The van der Waals surface area contributed by atoms with Crippen molar-refractivity contribution >= 4 is 44.8 Å². The van der Waals surface area contributed by atoms with Crippen molar-refractivity contribution in [1.29, 1.82) is 0 Å². The Morgan fingerprint density at radius 2 is 2.14 bits per heavy atom. The largest absolute Gasteiger partial charge is 0.310 e. The summed E-state index contributed by atoms with van der Waals surface area (Å²) in [6.45, 7) is 3.50. The number of sulfone groups is 1. The Hall–Kier alpha value is -0.790. The molecule has 0 bridgehead atoms. The van der Waals surface area contributed by atoms with Crippen molar-refractivity contribution in [2.75, 3.05) is 16.8 Å². The number of amides is 1. The van der Waals surface area contributed by atoms with Crippen molar-refractivity contribution < 1.29 is 13.2 Å². The third-order valence-electron chi connectivity index (χ3n) is 4.41. The zero-order valence-electron chi connectivity index (χ0n) is 12.3. The minimum Gasteiger partial charge on any atom is -0.310 e. The lowest BCUT2D eigenvalue weighted by Crippen LogP contribution is -2.28. The summed E-state index contributed by atoms with van der Waals surface area (Å²) in [7, 11) is -3.03. The zero-order valence-corrected chi connectivity index (χ0v) is 14.6. The minimum atomic E-state index is -3.03. The monoisotopic (exact) mass is 365 g/mol. The van der Waals surface area contributed by atoms with Gasteiger partial charge in [-0.15, -0.1) is 23.2 Å². The van der Waals surface area contributed by atoms with Crippen LogP contribution in [-0.2, 0) is 14.6 Å². The maximum absolute atomic E-state index is 12.4. The van der Waals surface area contributed by atoms with Crippen LogP contribution in [0.5, 0.6) is 0 Å². The molecule has 1 N–H and O–H groups in total. The molecule has 9 heteroatoms. The molecule has 2 aliphatic rings. The Bertz CT molecular complexity index is 744. The van der Waals surface area contributed by atoms with E-state index < -0.39 is 19.6 Å². The summed E-state index contributed by atoms with van der Waals surface area (Å²) in [4.78, 5) is 12.4. The highest BCUT2D eigenvalue weighted by atomic mass is 35.5. The standard InChI is InChI=1S/C13H17Cl2N3O3S/c1-8-5-10(16-11(19)12(2)7-13(12,14)15)18(17-8)9-3-4-22(20,21)6-9/h5,9H,3-4,6-7H2,1-2H3,(H,16,19). The molecule has 6 nitrogen and oxygen atoms in total. The van der Waals surface area contributed by atoms with Crippen molar-refractivity contribution in [2.24, 2.45) is 5.41 Å². The second-order valence-electron chi connectivity index (χ2n) is 6.34. The van der Waals surface area contributed by atoms with E-state index in [2.05, 4.69) is 10.4 Å². The van der Waals surface area contributed by atoms with E-state index in [1.807, 2.05) is 0 Å². The van der Waals surface area contributed by atoms with Crippen LogP contribution in [-0.4, -0.2) is 39.9 Å². The van der Waals surface area contributed by atoms with Crippen LogP contribution < -0.4 is 5.32 Å². The molecular formula is C13H17Cl2N3O3S. The second-order valence-corrected chi connectivity index (χ2v) is 10.1. The molecule has 2 fully saturated rings. The smallest absolute Gasteiger partial charge is 0.234 e. The highest BCUT2D eigenvalue weighted by Crippen LogP contribution is 2.64. The molecule has 3 rings (SSSR count). The molecule has 0 radical (unpaired) electrons. The van der Waals surface area contributed by atoms with Gasteiger partial charge in [-0.25, -0.2) is 13.1 Å². The molecule has 1 saturated carbocycles. The Balaban J connectivity index is 1.82. The van der Waals surface area contributed by atoms with E-state index >= 15 is 0 Å². The molecule has 0 spiro atoms. The first-order chi connectivity index (χ1) is 10.0. The van der Waals surface area contributed by atoms with Crippen LogP contribution in [0.4, 0.5) is 5.82 Å². The van der Waals surface area contributed by atoms with E-state index in [1.165, 1.54) is 0 Å². The summed E-state index contributed by atoms with van der Waals surface area (Å²) in [5.74, 6) is 0.401. The van der Waals surface area contributed by atoms with Gasteiger partial charge in [0, 0.05) is 6.07 Å². The van der Waals surface area contributed by atoms with Crippen molar-refractivity contribution in [1.82, 2.24) is 9.78 Å². The van der Waals surface area contributed by atoms with Gasteiger partial charge in [0.25, 0.3) is 0 Å². The van der Waals surface area contributed by atoms with Crippen LogP contribution >= 0.6 is 23.2 Å². The third-order valence-corrected chi connectivity index (χ3v) is 7.26. The lowest BCUT2D eigenvalue weighted by atomic mass is 10.1. The number of halogens is 2. The number of hydrogen-bond donors (Lipinski definition) is 1. The fraction of sp³-hybridized carbons (Fsp3) is 0.692. The van der Waals surface area contributed by atoms with Crippen LogP contribution in [0, 0.1) is 12.3 Å². The van der Waals surface area contributed by atoms with E-state index in [0.29, 0.717) is 24.4 Å². The molecule has 22 heavy (non-hydrogen) atoms. The van der Waals surface area contributed by atoms with E-state index in [0.717, 1.165) is 0 Å². The summed E-state index contributed by atoms with van der Waals surface area (Å²) < 4.78 is 23.8. The number of nitrogens with zero attached hydrogens (tertiary/aromatic N) is 2. The number of aryl methyl sites for hydroxylation is 1. The Labute approximate surface area is 139 Å². The van der Waals surface area contributed by atoms with E-state index in [9.17, 15) is 13.2 Å². The van der Waals surface area contributed by atoms with Gasteiger partial charge in [-0.05, 0) is 26.7 Å². The first kappa shape index (κ1) is 16.1. The maximum atomic E-state index is 12.4. The highest BCUT2D eigenvalue weighted by Gasteiger charge is 2.68. The molecule has 2 heterocycles. The Morgan fingerprint density at radius 3 is 2.64 bits per heavy atom. The third kappa shape index (κ3) is 2.63. The molecule has 1 aromatic heterocycles. The molecule has 1 amide bonds. The van der Waals surface area contributed by atoms with E-state index in [1.54, 1.807) is 24.6 Å². The predicted octanol–water partition coefficient (Wildman–Crippen LogP) is 2.07. The second kappa shape index (κ2) is 4.85. The van der Waals surface area contributed by atoms with Crippen LogP contribution in [0.25, 0.3) is 0 Å². The molecular weight excluding hydrogens is 349 g/mol. The van der Waals surface area contributed by atoms with Crippen LogP contribution in [0.3, 0.4) is 0 Å². The summed E-state index contributed by atoms with van der Waals surface area (Å²) in [5.41, 5.74) is -0.121. The maximum Gasteiger partial charge on any atom is 0.234 e. The van der Waals surface area contributed by atoms with Gasteiger partial charge in [-0.1, -0.05) is 0 Å². The van der Waals surface area contributed by atoms with Gasteiger partial charge in [0.2, 0.25) is 5.91 Å². The molecule has 0 aromatic carbocycles. The van der Waals surface area contributed by atoms with Crippen molar-refractivity contribution in [3.05, 3.63) is 11.8 Å². The number of carbonyl (C=O) groups is 1. The highest BCUT2D eigenvalue weighted by molar-refractivity contribution is 7.91. The summed E-state index contributed by atoms with van der Waals surface area (Å²) in [6, 6.07) is 1.47. The molecule has 122 valence electrons. The lowest BCUT2D eigenvalue weighted by molar-refractivity contribution is -0.120. The average molecular weight is 366 g/mol. The van der Waals surface area contributed by atoms with Crippen LogP contribution in [0.1, 0.15) is 31.5 Å². The topological polar surface area (TPSA) is 81.1 Å². The number of rotatable bonds is 3. The number of carbonyl (C=O) groups excluding carboxylic acids is 1. The number of anilines is 1. The number of nitrogens with one attached hydrogen (secondary N) is 1. The minimum absolute atomic E-state index is 0.0448. The van der Waals surface area contributed by atoms with Gasteiger partial charge in [0.05, 0.1) is 28.7 Å². The van der Waals surface area contributed by atoms with E-state index in [-0.39, 0.29) is 23.5 Å². The first-order valence-electron chi connectivity index (χ1n) is 7.00. The average Bonchev–Trinajstić information content (AvgIpc) is 2.71. The van der Waals surface area contributed by atoms with Crippen molar-refractivity contribution in [3.63, 3.8) is 0 Å². The molecule has 1 aliphatic carbocycles. The Kier molecular flexibility index (Phi) is 3.55. The molecule has 2 unspecified atom stereocenters. The SMILES string of the molecule is Cc1cc(NC(=O)C2(C)CC2(Cl)Cl)n(C2CCS(=O)(=O)C2)n1. The van der Waals surface area contributed by atoms with Crippen LogP contribution in [0.2, 0.25) is 0 Å². The van der Waals surface area contributed by atoms with Crippen molar-refractivity contribution in [3.8, 4) is 0 Å². The first-order valence-corrected chi connectivity index (χ1v) is 9.58. The molecule has 1 aliphatic heterocycles.